The predicted octanol–water partition coefficient (Wildman–Crippen LogP) is 3.77. The van der Waals surface area contributed by atoms with Crippen molar-refractivity contribution < 1.29 is 0 Å². The number of nitrogens with one attached hydrogen (secondary N) is 1. The van der Waals surface area contributed by atoms with E-state index in [0.29, 0.717) is 6.54 Å². The fourth-order valence-electron chi connectivity index (χ4n) is 3.35. The van der Waals surface area contributed by atoms with Crippen LogP contribution < -0.4 is 15.1 Å². The van der Waals surface area contributed by atoms with Crippen LogP contribution in [0.15, 0.2) is 54.7 Å². The third kappa shape index (κ3) is 4.51. The van der Waals surface area contributed by atoms with Crippen molar-refractivity contribution in [3.05, 3.63) is 71.3 Å². The zero-order chi connectivity index (χ0) is 19.3. The lowest BCUT2D eigenvalue weighted by Gasteiger charge is -2.37. The molecule has 0 amide bonds. The van der Waals surface area contributed by atoms with Crippen LogP contribution >= 0.6 is 11.6 Å². The summed E-state index contributed by atoms with van der Waals surface area (Å²) >= 11 is 6.13. The monoisotopic (exact) mass is 394 g/mol. The largest absolute Gasteiger partial charge is 0.368 e. The number of aryl methyl sites for hydroxylation is 1. The standard InChI is InChI=1S/C21H23ClN6/c1-16-25-20(24-15-18-6-2-3-8-23-18)14-21(26-16)28-11-9-27(10-12-28)19-7-4-5-17(22)13-19/h2-8,13-14H,9-12,15H2,1H3,(H,24,25,26). The smallest absolute Gasteiger partial charge is 0.134 e. The van der Waals surface area contributed by atoms with Crippen LogP contribution in [-0.2, 0) is 6.54 Å². The Morgan fingerprint density at radius 2 is 1.79 bits per heavy atom. The van der Waals surface area contributed by atoms with Crippen molar-refractivity contribution in [2.45, 2.75) is 13.5 Å². The minimum atomic E-state index is 0.638. The lowest BCUT2D eigenvalue weighted by Crippen LogP contribution is -2.46. The van der Waals surface area contributed by atoms with E-state index in [1.807, 2.05) is 49.4 Å². The van der Waals surface area contributed by atoms with E-state index in [-0.39, 0.29) is 0 Å². The van der Waals surface area contributed by atoms with Gasteiger partial charge in [-0.15, -0.1) is 0 Å². The van der Waals surface area contributed by atoms with Crippen molar-refractivity contribution in [1.29, 1.82) is 0 Å². The zero-order valence-corrected chi connectivity index (χ0v) is 16.6. The summed E-state index contributed by atoms with van der Waals surface area (Å²) < 4.78 is 0. The lowest BCUT2D eigenvalue weighted by molar-refractivity contribution is 0.646. The highest BCUT2D eigenvalue weighted by Gasteiger charge is 2.19. The summed E-state index contributed by atoms with van der Waals surface area (Å²) in [7, 11) is 0. The van der Waals surface area contributed by atoms with E-state index in [2.05, 4.69) is 36.1 Å². The third-order valence-electron chi connectivity index (χ3n) is 4.78. The molecule has 3 aromatic rings. The number of hydrogen-bond acceptors (Lipinski definition) is 6. The van der Waals surface area contributed by atoms with E-state index in [0.717, 1.165) is 54.4 Å². The molecule has 0 bridgehead atoms. The van der Waals surface area contributed by atoms with Gasteiger partial charge in [0, 0.05) is 49.2 Å². The predicted molar refractivity (Wildman–Crippen MR) is 114 cm³/mol. The van der Waals surface area contributed by atoms with Gasteiger partial charge in [-0.25, -0.2) is 9.97 Å². The molecule has 1 aliphatic heterocycles. The van der Waals surface area contributed by atoms with Crippen molar-refractivity contribution in [2.75, 3.05) is 41.3 Å². The van der Waals surface area contributed by atoms with Crippen molar-refractivity contribution in [2.24, 2.45) is 0 Å². The molecule has 144 valence electrons. The van der Waals surface area contributed by atoms with E-state index in [4.69, 9.17) is 11.6 Å². The Labute approximate surface area is 170 Å². The van der Waals surface area contributed by atoms with E-state index in [1.165, 1.54) is 5.69 Å². The van der Waals surface area contributed by atoms with Crippen LogP contribution in [0.4, 0.5) is 17.3 Å². The Morgan fingerprint density at radius 1 is 0.964 bits per heavy atom. The molecule has 0 unspecified atom stereocenters. The number of aromatic nitrogens is 3. The molecule has 0 aliphatic carbocycles. The number of pyridine rings is 1. The van der Waals surface area contributed by atoms with Gasteiger partial charge in [0.25, 0.3) is 0 Å². The summed E-state index contributed by atoms with van der Waals surface area (Å²) in [5, 5.41) is 4.13. The molecule has 6 nitrogen and oxygen atoms in total. The minimum Gasteiger partial charge on any atom is -0.368 e. The molecule has 0 spiro atoms. The second-order valence-corrected chi connectivity index (χ2v) is 7.22. The average Bonchev–Trinajstić information content (AvgIpc) is 2.73. The number of nitrogens with zero attached hydrogens (tertiary/aromatic N) is 5. The zero-order valence-electron chi connectivity index (χ0n) is 15.8. The van der Waals surface area contributed by atoms with Crippen molar-refractivity contribution in [1.82, 2.24) is 15.0 Å². The molecule has 1 aromatic carbocycles. The van der Waals surface area contributed by atoms with Gasteiger partial charge in [0.2, 0.25) is 0 Å². The molecular weight excluding hydrogens is 372 g/mol. The van der Waals surface area contributed by atoms with Crippen LogP contribution in [0.25, 0.3) is 0 Å². The highest BCUT2D eigenvalue weighted by atomic mass is 35.5. The molecule has 2 aromatic heterocycles. The van der Waals surface area contributed by atoms with Gasteiger partial charge in [-0.1, -0.05) is 23.7 Å². The highest BCUT2D eigenvalue weighted by molar-refractivity contribution is 6.30. The molecular formula is C21H23ClN6. The van der Waals surface area contributed by atoms with Crippen LogP contribution in [-0.4, -0.2) is 41.1 Å². The second-order valence-electron chi connectivity index (χ2n) is 6.79. The quantitative estimate of drug-likeness (QED) is 0.710. The molecule has 3 heterocycles. The van der Waals surface area contributed by atoms with E-state index < -0.39 is 0 Å². The first-order valence-corrected chi connectivity index (χ1v) is 9.80. The Hall–Kier alpha value is -2.86. The molecule has 0 atom stereocenters. The van der Waals surface area contributed by atoms with Crippen molar-refractivity contribution in [3.8, 4) is 0 Å². The van der Waals surface area contributed by atoms with Gasteiger partial charge in [0.1, 0.15) is 17.5 Å². The minimum absolute atomic E-state index is 0.638. The number of halogens is 1. The lowest BCUT2D eigenvalue weighted by atomic mass is 10.2. The molecule has 1 fully saturated rings. The second kappa shape index (κ2) is 8.44. The number of benzene rings is 1. The summed E-state index contributed by atoms with van der Waals surface area (Å²) in [6.45, 7) is 6.24. The fraction of sp³-hybridized carbons (Fsp3) is 0.286. The molecule has 0 saturated carbocycles. The van der Waals surface area contributed by atoms with Crippen molar-refractivity contribution in [3.63, 3.8) is 0 Å². The van der Waals surface area contributed by atoms with Gasteiger partial charge in [-0.3, -0.25) is 4.98 Å². The van der Waals surface area contributed by atoms with Crippen LogP contribution in [0.2, 0.25) is 5.02 Å². The number of anilines is 3. The normalized spacial score (nSPS) is 14.2. The molecule has 4 rings (SSSR count). The van der Waals surface area contributed by atoms with Crippen molar-refractivity contribution >= 4 is 28.9 Å². The van der Waals surface area contributed by atoms with E-state index in [1.54, 1.807) is 6.20 Å². The molecule has 7 heteroatoms. The number of rotatable bonds is 5. The maximum atomic E-state index is 6.13. The van der Waals surface area contributed by atoms with Crippen LogP contribution in [0.1, 0.15) is 11.5 Å². The van der Waals surface area contributed by atoms with Crippen LogP contribution in [0.5, 0.6) is 0 Å². The molecule has 28 heavy (non-hydrogen) atoms. The molecule has 1 N–H and O–H groups in total. The summed E-state index contributed by atoms with van der Waals surface area (Å²) in [5.74, 6) is 2.55. The maximum absolute atomic E-state index is 6.13. The summed E-state index contributed by atoms with van der Waals surface area (Å²) in [6, 6.07) is 15.9. The van der Waals surface area contributed by atoms with Crippen LogP contribution in [0, 0.1) is 6.92 Å². The fourth-order valence-corrected chi connectivity index (χ4v) is 3.54. The van der Waals surface area contributed by atoms with Gasteiger partial charge in [-0.05, 0) is 37.3 Å². The van der Waals surface area contributed by atoms with Gasteiger partial charge in [0.15, 0.2) is 0 Å². The SMILES string of the molecule is Cc1nc(NCc2ccccn2)cc(N2CCN(c3cccc(Cl)c3)CC2)n1. The van der Waals surface area contributed by atoms with Gasteiger partial charge in [-0.2, -0.15) is 0 Å². The number of piperazine rings is 1. The third-order valence-corrected chi connectivity index (χ3v) is 5.01. The summed E-state index contributed by atoms with van der Waals surface area (Å²) in [4.78, 5) is 18.2. The summed E-state index contributed by atoms with van der Waals surface area (Å²) in [6.07, 6.45) is 1.80. The Morgan fingerprint density at radius 3 is 2.54 bits per heavy atom. The Bertz CT molecular complexity index is 925. The highest BCUT2D eigenvalue weighted by Crippen LogP contribution is 2.23. The first-order chi connectivity index (χ1) is 13.7. The van der Waals surface area contributed by atoms with E-state index in [9.17, 15) is 0 Å². The maximum Gasteiger partial charge on any atom is 0.134 e. The number of hydrogen-bond donors (Lipinski definition) is 1. The van der Waals surface area contributed by atoms with Gasteiger partial charge >= 0.3 is 0 Å². The molecule has 0 radical (unpaired) electrons. The van der Waals surface area contributed by atoms with Crippen LogP contribution in [0.3, 0.4) is 0 Å². The topological polar surface area (TPSA) is 57.2 Å². The first kappa shape index (κ1) is 18.5. The first-order valence-electron chi connectivity index (χ1n) is 9.42. The Kier molecular flexibility index (Phi) is 5.58. The molecule has 1 aliphatic rings. The van der Waals surface area contributed by atoms with Gasteiger partial charge < -0.3 is 15.1 Å². The Balaban J connectivity index is 1.41. The van der Waals surface area contributed by atoms with E-state index >= 15 is 0 Å². The van der Waals surface area contributed by atoms with Gasteiger partial charge in [0.05, 0.1) is 12.2 Å². The average molecular weight is 395 g/mol. The molecule has 1 saturated heterocycles. The summed E-state index contributed by atoms with van der Waals surface area (Å²) in [5.41, 5.74) is 2.15.